The fourth-order valence-corrected chi connectivity index (χ4v) is 11.6. The molecular weight excluding hydrogens is 512 g/mol. The minimum atomic E-state index is -0.455. The summed E-state index contributed by atoms with van der Waals surface area (Å²) in [6, 6.07) is 0. The molecule has 0 aliphatic heterocycles. The van der Waals surface area contributed by atoms with Crippen LogP contribution in [0.3, 0.4) is 0 Å². The molecule has 0 amide bonds. The molecular formula is C36H58O5. The smallest absolute Gasteiger partial charge is 0.306 e. The monoisotopic (exact) mass is 570 g/mol. The van der Waals surface area contributed by atoms with Gasteiger partial charge in [0.05, 0.1) is 24.9 Å². The van der Waals surface area contributed by atoms with Gasteiger partial charge in [0.25, 0.3) is 0 Å². The lowest BCUT2D eigenvalue weighted by Gasteiger charge is -2.63. The van der Waals surface area contributed by atoms with Crippen molar-refractivity contribution in [3.05, 3.63) is 12.2 Å². The maximum atomic E-state index is 12.4. The topological polar surface area (TPSA) is 76.0 Å². The molecule has 0 aromatic carbocycles. The van der Waals surface area contributed by atoms with Crippen molar-refractivity contribution >= 4 is 5.97 Å². The zero-order valence-corrected chi connectivity index (χ0v) is 26.7. The molecule has 6 aliphatic rings. The van der Waals surface area contributed by atoms with E-state index in [1.807, 2.05) is 20.8 Å². The Bertz CT molecular complexity index is 1000. The first-order valence-electron chi connectivity index (χ1n) is 17.2. The fourth-order valence-electron chi connectivity index (χ4n) is 11.6. The first-order chi connectivity index (χ1) is 19.3. The molecule has 232 valence electrons. The number of ether oxygens (including phenoxy) is 2. The zero-order valence-electron chi connectivity index (χ0n) is 26.7. The van der Waals surface area contributed by atoms with Crippen LogP contribution in [0.25, 0.3) is 0 Å². The first kappa shape index (κ1) is 30.1. The Morgan fingerprint density at radius 2 is 1.78 bits per heavy atom. The minimum absolute atomic E-state index is 0.123. The van der Waals surface area contributed by atoms with Crippen molar-refractivity contribution in [1.29, 1.82) is 0 Å². The molecule has 6 aliphatic carbocycles. The average Bonchev–Trinajstić information content (AvgIpc) is 3.61. The van der Waals surface area contributed by atoms with E-state index < -0.39 is 5.60 Å². The second kappa shape index (κ2) is 10.9. The van der Waals surface area contributed by atoms with E-state index in [1.165, 1.54) is 12.8 Å². The number of aliphatic hydroxyl groups is 2. The van der Waals surface area contributed by atoms with E-state index in [4.69, 9.17) is 9.47 Å². The van der Waals surface area contributed by atoms with Crippen molar-refractivity contribution in [2.75, 3.05) is 6.61 Å². The first-order valence-corrected chi connectivity index (χ1v) is 17.2. The fraction of sp³-hybridized carbons (Fsp3) is 0.917. The van der Waals surface area contributed by atoms with Crippen molar-refractivity contribution < 1.29 is 24.5 Å². The Labute approximate surface area is 249 Å². The predicted octanol–water partition coefficient (Wildman–Crippen LogP) is 6.94. The van der Waals surface area contributed by atoms with Gasteiger partial charge in [-0.3, -0.25) is 4.79 Å². The lowest BCUT2D eigenvalue weighted by atomic mass is 9.43. The van der Waals surface area contributed by atoms with Crippen LogP contribution in [0.4, 0.5) is 0 Å². The van der Waals surface area contributed by atoms with E-state index in [0.29, 0.717) is 48.0 Å². The van der Waals surface area contributed by atoms with Gasteiger partial charge in [-0.25, -0.2) is 0 Å². The highest BCUT2D eigenvalue weighted by Gasteiger charge is 2.65. The number of rotatable bonds is 7. The van der Waals surface area contributed by atoms with E-state index in [2.05, 4.69) is 32.9 Å². The van der Waals surface area contributed by atoms with Crippen LogP contribution >= 0.6 is 0 Å². The van der Waals surface area contributed by atoms with Crippen LogP contribution in [0.5, 0.6) is 0 Å². The van der Waals surface area contributed by atoms with Crippen LogP contribution in [0.2, 0.25) is 0 Å². The third-order valence-corrected chi connectivity index (χ3v) is 13.7. The normalized spacial score (nSPS) is 49.3. The minimum Gasteiger partial charge on any atom is -0.460 e. The highest BCUT2D eigenvalue weighted by Crippen LogP contribution is 2.68. The van der Waals surface area contributed by atoms with Gasteiger partial charge in [0.2, 0.25) is 0 Å². The molecule has 0 aromatic rings. The summed E-state index contributed by atoms with van der Waals surface area (Å²) in [5, 5.41) is 23.7. The molecule has 2 N–H and O–H groups in total. The Kier molecular flexibility index (Phi) is 8.02. The van der Waals surface area contributed by atoms with Crippen molar-refractivity contribution in [3.8, 4) is 0 Å². The number of aliphatic hydroxyl groups excluding tert-OH is 2. The highest BCUT2D eigenvalue weighted by atomic mass is 16.6. The molecule has 5 saturated carbocycles. The standard InChI is InChI=1S/C36H58O5/c1-21(7-12-32(39)41-34(2,3)4)27-10-11-28-33-29(19-31(38)36(27,28)6)35(5)14-13-26(17-25(35)18-30(33)37)40-20-24-16-22-8-9-23(24)15-22/h8-9,21-31,33,37-38H,7,10-20H2,1-6H3. The van der Waals surface area contributed by atoms with Gasteiger partial charge in [-0.1, -0.05) is 32.9 Å². The number of esters is 1. The number of allylic oxidation sites excluding steroid dienone is 2. The number of carbonyl (C=O) groups is 1. The van der Waals surface area contributed by atoms with Crippen LogP contribution in [-0.2, 0) is 14.3 Å². The molecule has 6 rings (SSSR count). The van der Waals surface area contributed by atoms with Crippen LogP contribution in [-0.4, -0.2) is 46.7 Å². The summed E-state index contributed by atoms with van der Waals surface area (Å²) in [5.74, 6) is 4.27. The van der Waals surface area contributed by atoms with E-state index in [-0.39, 0.29) is 34.9 Å². The Morgan fingerprint density at radius 3 is 2.46 bits per heavy atom. The molecule has 14 unspecified atom stereocenters. The molecule has 14 atom stereocenters. The van der Waals surface area contributed by atoms with Gasteiger partial charge in [0.1, 0.15) is 5.60 Å². The largest absolute Gasteiger partial charge is 0.460 e. The van der Waals surface area contributed by atoms with Gasteiger partial charge < -0.3 is 19.7 Å². The van der Waals surface area contributed by atoms with Crippen LogP contribution in [0.1, 0.15) is 112 Å². The van der Waals surface area contributed by atoms with Gasteiger partial charge in [0, 0.05) is 6.42 Å². The lowest BCUT2D eigenvalue weighted by molar-refractivity contribution is -0.209. The maximum Gasteiger partial charge on any atom is 0.306 e. The molecule has 0 heterocycles. The van der Waals surface area contributed by atoms with E-state index >= 15 is 0 Å². The SMILES string of the molecule is CC(CCC(=O)OC(C)(C)C)C1CCC2C3C(O)CC4CC(OCC5CC6C=CC5C6)CCC4(C)C3CC(O)C12C. The van der Waals surface area contributed by atoms with Crippen molar-refractivity contribution in [3.63, 3.8) is 0 Å². The van der Waals surface area contributed by atoms with Gasteiger partial charge in [-0.2, -0.15) is 0 Å². The summed E-state index contributed by atoms with van der Waals surface area (Å²) in [4.78, 5) is 12.4. The summed E-state index contributed by atoms with van der Waals surface area (Å²) in [6.07, 6.45) is 15.6. The number of hydrogen-bond donors (Lipinski definition) is 2. The molecule has 2 bridgehead atoms. The molecule has 5 heteroatoms. The van der Waals surface area contributed by atoms with Gasteiger partial charge in [0.15, 0.2) is 0 Å². The lowest BCUT2D eigenvalue weighted by Crippen LogP contribution is -2.62. The zero-order chi connectivity index (χ0) is 29.3. The molecule has 5 fully saturated rings. The number of carbonyl (C=O) groups excluding carboxylic acids is 1. The Hall–Kier alpha value is -0.910. The molecule has 5 nitrogen and oxygen atoms in total. The summed E-state index contributed by atoms with van der Waals surface area (Å²) in [6.45, 7) is 13.7. The second-order valence-electron chi connectivity index (χ2n) is 17.0. The number of fused-ring (bicyclic) bond motifs is 7. The van der Waals surface area contributed by atoms with E-state index in [9.17, 15) is 15.0 Å². The highest BCUT2D eigenvalue weighted by molar-refractivity contribution is 5.69. The van der Waals surface area contributed by atoms with Crippen LogP contribution in [0, 0.1) is 64.1 Å². The number of hydrogen-bond acceptors (Lipinski definition) is 5. The molecule has 0 radical (unpaired) electrons. The third-order valence-electron chi connectivity index (χ3n) is 13.7. The summed E-state index contributed by atoms with van der Waals surface area (Å²) >= 11 is 0. The molecule has 0 aromatic heterocycles. The van der Waals surface area contributed by atoms with E-state index in [1.54, 1.807) is 0 Å². The van der Waals surface area contributed by atoms with Crippen molar-refractivity contribution in [2.45, 2.75) is 136 Å². The summed E-state index contributed by atoms with van der Waals surface area (Å²) in [5.41, 5.74) is -0.487. The Morgan fingerprint density at radius 1 is 1.00 bits per heavy atom. The van der Waals surface area contributed by atoms with Crippen LogP contribution in [0.15, 0.2) is 12.2 Å². The molecule has 0 saturated heterocycles. The summed E-state index contributed by atoms with van der Waals surface area (Å²) in [7, 11) is 0. The quantitative estimate of drug-likeness (QED) is 0.256. The predicted molar refractivity (Wildman–Crippen MR) is 161 cm³/mol. The average molecular weight is 571 g/mol. The van der Waals surface area contributed by atoms with Gasteiger partial charge in [-0.15, -0.1) is 0 Å². The molecule has 0 spiro atoms. The maximum absolute atomic E-state index is 12.4. The van der Waals surface area contributed by atoms with Crippen molar-refractivity contribution in [1.82, 2.24) is 0 Å². The van der Waals surface area contributed by atoms with Crippen molar-refractivity contribution in [2.24, 2.45) is 64.1 Å². The van der Waals surface area contributed by atoms with Gasteiger partial charge in [-0.05, 0) is 149 Å². The van der Waals surface area contributed by atoms with Crippen LogP contribution < -0.4 is 0 Å². The van der Waals surface area contributed by atoms with E-state index in [0.717, 1.165) is 69.8 Å². The Balaban J connectivity index is 1.10. The summed E-state index contributed by atoms with van der Waals surface area (Å²) < 4.78 is 12.2. The third kappa shape index (κ3) is 5.37. The second-order valence-corrected chi connectivity index (χ2v) is 17.0. The molecule has 41 heavy (non-hydrogen) atoms. The van der Waals surface area contributed by atoms with Gasteiger partial charge >= 0.3 is 5.97 Å².